The second kappa shape index (κ2) is 12.8. The van der Waals surface area contributed by atoms with Crippen molar-refractivity contribution < 1.29 is 23.8 Å². The van der Waals surface area contributed by atoms with Crippen LogP contribution in [-0.2, 0) is 16.1 Å². The van der Waals surface area contributed by atoms with Crippen molar-refractivity contribution in [1.82, 2.24) is 15.6 Å². The van der Waals surface area contributed by atoms with Gasteiger partial charge in [-0.2, -0.15) is 0 Å². The molecule has 0 aliphatic carbocycles. The van der Waals surface area contributed by atoms with Crippen molar-refractivity contribution in [2.45, 2.75) is 26.4 Å². The SMILES string of the molecule is CCOc1ccccc1Oc1ccc(CNC(=O)C(C)NC(=O)C=Cc2ccc(OC)cc2)cn1. The molecule has 3 rings (SSSR count). The molecule has 0 bridgehead atoms. The first kappa shape index (κ1) is 25.3. The van der Waals surface area contributed by atoms with Crippen LogP contribution in [0.25, 0.3) is 6.08 Å². The number of benzene rings is 2. The number of amides is 2. The highest BCUT2D eigenvalue weighted by Gasteiger charge is 2.14. The molecule has 35 heavy (non-hydrogen) atoms. The number of methoxy groups -OCH3 is 1. The van der Waals surface area contributed by atoms with Gasteiger partial charge in [-0.3, -0.25) is 9.59 Å². The Bertz CT molecular complexity index is 1140. The molecule has 0 radical (unpaired) electrons. The first-order valence-electron chi connectivity index (χ1n) is 11.2. The summed E-state index contributed by atoms with van der Waals surface area (Å²) in [5.41, 5.74) is 1.64. The Labute approximate surface area is 204 Å². The Morgan fingerprint density at radius 3 is 2.43 bits per heavy atom. The highest BCUT2D eigenvalue weighted by atomic mass is 16.5. The van der Waals surface area contributed by atoms with E-state index in [9.17, 15) is 9.59 Å². The molecule has 182 valence electrons. The second-order valence-electron chi connectivity index (χ2n) is 7.54. The molecule has 0 saturated carbocycles. The van der Waals surface area contributed by atoms with Crippen molar-refractivity contribution in [2.24, 2.45) is 0 Å². The van der Waals surface area contributed by atoms with Crippen molar-refractivity contribution in [2.75, 3.05) is 13.7 Å². The van der Waals surface area contributed by atoms with E-state index < -0.39 is 6.04 Å². The van der Waals surface area contributed by atoms with Crippen LogP contribution >= 0.6 is 0 Å². The van der Waals surface area contributed by atoms with Crippen molar-refractivity contribution in [3.05, 3.63) is 84.1 Å². The molecule has 2 aromatic carbocycles. The number of carbonyl (C=O) groups excluding carboxylic acids is 2. The van der Waals surface area contributed by atoms with E-state index in [1.165, 1.54) is 6.08 Å². The lowest BCUT2D eigenvalue weighted by molar-refractivity contribution is -0.126. The molecule has 2 N–H and O–H groups in total. The summed E-state index contributed by atoms with van der Waals surface area (Å²) in [5.74, 6) is 1.70. The second-order valence-corrected chi connectivity index (χ2v) is 7.54. The molecule has 1 unspecified atom stereocenters. The third-order valence-electron chi connectivity index (χ3n) is 4.92. The number of hydrogen-bond donors (Lipinski definition) is 2. The standard InChI is InChI=1S/C27H29N3O5/c1-4-34-23-7-5-6-8-24(23)35-26-16-12-21(17-28-26)18-29-27(32)19(2)30-25(31)15-11-20-9-13-22(33-3)14-10-20/h5-17,19H,4,18H2,1-3H3,(H,29,32)(H,30,31). The topological polar surface area (TPSA) is 98.8 Å². The minimum Gasteiger partial charge on any atom is -0.497 e. The molecule has 8 heteroatoms. The highest BCUT2D eigenvalue weighted by Crippen LogP contribution is 2.30. The van der Waals surface area contributed by atoms with Crippen molar-refractivity contribution in [1.29, 1.82) is 0 Å². The maximum Gasteiger partial charge on any atom is 0.244 e. The predicted molar refractivity (Wildman–Crippen MR) is 133 cm³/mol. The lowest BCUT2D eigenvalue weighted by Crippen LogP contribution is -2.44. The summed E-state index contributed by atoms with van der Waals surface area (Å²) in [5, 5.41) is 5.44. The van der Waals surface area contributed by atoms with E-state index in [1.807, 2.05) is 49.4 Å². The first-order chi connectivity index (χ1) is 17.0. The van der Waals surface area contributed by atoms with Gasteiger partial charge in [0.2, 0.25) is 17.7 Å². The van der Waals surface area contributed by atoms with Gasteiger partial charge in [-0.1, -0.05) is 30.3 Å². The normalized spacial score (nSPS) is 11.5. The fourth-order valence-corrected chi connectivity index (χ4v) is 3.05. The van der Waals surface area contributed by atoms with Crippen molar-refractivity contribution in [3.8, 4) is 23.1 Å². The Balaban J connectivity index is 1.46. The predicted octanol–water partition coefficient (Wildman–Crippen LogP) is 4.12. The van der Waals surface area contributed by atoms with Crippen LogP contribution < -0.4 is 24.8 Å². The number of carbonyl (C=O) groups is 2. The summed E-state index contributed by atoms with van der Waals surface area (Å²) in [7, 11) is 1.59. The van der Waals surface area contributed by atoms with Crippen molar-refractivity contribution in [3.63, 3.8) is 0 Å². The fraction of sp³-hybridized carbons (Fsp3) is 0.222. The van der Waals surface area contributed by atoms with Gasteiger partial charge in [0, 0.05) is 24.9 Å². The Morgan fingerprint density at radius 1 is 1.03 bits per heavy atom. The van der Waals surface area contributed by atoms with E-state index in [-0.39, 0.29) is 18.4 Å². The number of rotatable bonds is 11. The number of pyridine rings is 1. The van der Waals surface area contributed by atoms with E-state index >= 15 is 0 Å². The van der Waals surface area contributed by atoms with Crippen LogP contribution in [0.15, 0.2) is 72.9 Å². The maximum atomic E-state index is 12.4. The molecule has 0 aliphatic heterocycles. The third kappa shape index (κ3) is 7.89. The van der Waals surface area contributed by atoms with Crippen LogP contribution in [0.2, 0.25) is 0 Å². The lowest BCUT2D eigenvalue weighted by atomic mass is 10.2. The smallest absolute Gasteiger partial charge is 0.244 e. The Hall–Kier alpha value is -4.33. The van der Waals surface area contributed by atoms with E-state index in [1.54, 1.807) is 44.5 Å². The number of hydrogen-bond acceptors (Lipinski definition) is 6. The quantitative estimate of drug-likeness (QED) is 0.405. The molecule has 1 atom stereocenters. The van der Waals surface area contributed by atoms with Gasteiger partial charge in [0.15, 0.2) is 11.5 Å². The number of ether oxygens (including phenoxy) is 3. The van der Waals surface area contributed by atoms with Crippen LogP contribution in [-0.4, -0.2) is 36.6 Å². The molecule has 0 saturated heterocycles. The summed E-state index contributed by atoms with van der Waals surface area (Å²) in [6.45, 7) is 4.33. The first-order valence-corrected chi connectivity index (χ1v) is 11.2. The van der Waals surface area contributed by atoms with E-state index in [2.05, 4.69) is 15.6 Å². The average molecular weight is 476 g/mol. The number of aromatic nitrogens is 1. The fourth-order valence-electron chi connectivity index (χ4n) is 3.05. The van der Waals surface area contributed by atoms with Crippen LogP contribution in [0.4, 0.5) is 0 Å². The number of para-hydroxylation sites is 2. The molecule has 1 aromatic heterocycles. The third-order valence-corrected chi connectivity index (χ3v) is 4.92. The van der Waals surface area contributed by atoms with Crippen LogP contribution in [0.3, 0.4) is 0 Å². The minimum absolute atomic E-state index is 0.267. The zero-order valence-electron chi connectivity index (χ0n) is 20.0. The average Bonchev–Trinajstić information content (AvgIpc) is 2.88. The van der Waals surface area contributed by atoms with Gasteiger partial charge >= 0.3 is 0 Å². The molecule has 0 aliphatic rings. The van der Waals surface area contributed by atoms with Crippen LogP contribution in [0, 0.1) is 0 Å². The monoisotopic (exact) mass is 475 g/mol. The molecule has 0 spiro atoms. The zero-order valence-corrected chi connectivity index (χ0v) is 20.0. The van der Waals surface area contributed by atoms with Crippen molar-refractivity contribution >= 4 is 17.9 Å². The molecule has 0 fully saturated rings. The zero-order chi connectivity index (χ0) is 25.0. The molecular weight excluding hydrogens is 446 g/mol. The summed E-state index contributed by atoms with van der Waals surface area (Å²) >= 11 is 0. The maximum absolute atomic E-state index is 12.4. The molecule has 8 nitrogen and oxygen atoms in total. The Morgan fingerprint density at radius 2 is 1.77 bits per heavy atom. The van der Waals surface area contributed by atoms with Crippen LogP contribution in [0.5, 0.6) is 23.1 Å². The van der Waals surface area contributed by atoms with Gasteiger partial charge in [0.1, 0.15) is 11.8 Å². The number of nitrogens with one attached hydrogen (secondary N) is 2. The Kier molecular flexibility index (Phi) is 9.24. The molecular formula is C27H29N3O5. The van der Waals surface area contributed by atoms with Gasteiger partial charge < -0.3 is 24.8 Å². The summed E-state index contributed by atoms with van der Waals surface area (Å²) in [4.78, 5) is 28.8. The van der Waals surface area contributed by atoms with Gasteiger partial charge in [0.05, 0.1) is 13.7 Å². The number of nitrogens with zero attached hydrogens (tertiary/aromatic N) is 1. The largest absolute Gasteiger partial charge is 0.497 e. The van der Waals surface area contributed by atoms with E-state index in [0.717, 1.165) is 16.9 Å². The van der Waals surface area contributed by atoms with E-state index in [4.69, 9.17) is 14.2 Å². The summed E-state index contributed by atoms with van der Waals surface area (Å²) in [6.07, 6.45) is 4.68. The van der Waals surface area contributed by atoms with Gasteiger partial charge in [0.25, 0.3) is 0 Å². The molecule has 1 heterocycles. The molecule has 2 amide bonds. The van der Waals surface area contributed by atoms with Gasteiger partial charge in [-0.15, -0.1) is 0 Å². The minimum atomic E-state index is -0.700. The van der Waals surface area contributed by atoms with Gasteiger partial charge in [-0.25, -0.2) is 4.98 Å². The summed E-state index contributed by atoms with van der Waals surface area (Å²) in [6, 6.07) is 17.5. The highest BCUT2D eigenvalue weighted by molar-refractivity contribution is 5.95. The van der Waals surface area contributed by atoms with Gasteiger partial charge in [-0.05, 0) is 55.3 Å². The molecule has 3 aromatic rings. The summed E-state index contributed by atoms with van der Waals surface area (Å²) < 4.78 is 16.5. The lowest BCUT2D eigenvalue weighted by Gasteiger charge is -2.13. The van der Waals surface area contributed by atoms with Crippen LogP contribution in [0.1, 0.15) is 25.0 Å². The van der Waals surface area contributed by atoms with E-state index in [0.29, 0.717) is 24.0 Å².